The Bertz CT molecular complexity index is 972. The largest absolute Gasteiger partial charge is 0.491 e. The molecule has 0 spiro atoms. The molecule has 8 heteroatoms. The summed E-state index contributed by atoms with van der Waals surface area (Å²) in [6.45, 7) is 6.68. The molecule has 0 saturated carbocycles. The number of amides is 1. The zero-order chi connectivity index (χ0) is 25.2. The van der Waals surface area contributed by atoms with E-state index in [0.717, 1.165) is 18.4 Å². The van der Waals surface area contributed by atoms with Crippen LogP contribution in [-0.2, 0) is 16.0 Å². The average molecular weight is 503 g/mol. The monoisotopic (exact) mass is 502 g/mol. The van der Waals surface area contributed by atoms with Gasteiger partial charge in [0.2, 0.25) is 5.91 Å². The fraction of sp³-hybridized carbons (Fsp3) is 0.519. The number of hydrogen-bond donors (Lipinski definition) is 1. The predicted molar refractivity (Wildman–Crippen MR) is 136 cm³/mol. The molecule has 2 heterocycles. The Kier molecular flexibility index (Phi) is 10.5. The quantitative estimate of drug-likeness (QED) is 0.334. The van der Waals surface area contributed by atoms with Crippen LogP contribution in [0.1, 0.15) is 36.8 Å². The van der Waals surface area contributed by atoms with Gasteiger partial charge in [-0.3, -0.25) is 9.69 Å². The van der Waals surface area contributed by atoms with E-state index in [0.29, 0.717) is 31.3 Å². The molecule has 1 aliphatic heterocycles. The number of carbonyl (C=O) groups is 1. The molecule has 1 aliphatic rings. The molecule has 35 heavy (non-hydrogen) atoms. The molecule has 2 atom stereocenters. The second kappa shape index (κ2) is 13.6. The summed E-state index contributed by atoms with van der Waals surface area (Å²) in [6.07, 6.45) is 6.20. The smallest absolute Gasteiger partial charge is 0.237 e. The van der Waals surface area contributed by atoms with Gasteiger partial charge in [0.25, 0.3) is 0 Å². The SMILES string of the molecule is C#CCOC[C@H](O)CN(CCC(C)C)CC(=O)N1CCc2sccc2[C@@H]1COc1ccc(F)cc1. The molecule has 0 radical (unpaired) electrons. The second-order valence-corrected chi connectivity index (χ2v) is 10.2. The molecule has 1 N–H and O–H groups in total. The molecule has 6 nitrogen and oxygen atoms in total. The van der Waals surface area contributed by atoms with Crippen LogP contribution >= 0.6 is 11.3 Å². The van der Waals surface area contributed by atoms with E-state index >= 15 is 0 Å². The summed E-state index contributed by atoms with van der Waals surface area (Å²) in [5, 5.41) is 12.5. The van der Waals surface area contributed by atoms with Gasteiger partial charge in [0.1, 0.15) is 24.8 Å². The second-order valence-electron chi connectivity index (χ2n) is 9.21. The Morgan fingerprint density at radius 1 is 1.34 bits per heavy atom. The van der Waals surface area contributed by atoms with E-state index < -0.39 is 6.10 Å². The lowest BCUT2D eigenvalue weighted by molar-refractivity contribution is -0.136. The van der Waals surface area contributed by atoms with Crippen LogP contribution in [0.15, 0.2) is 35.7 Å². The van der Waals surface area contributed by atoms with Crippen molar-refractivity contribution in [3.8, 4) is 18.1 Å². The minimum Gasteiger partial charge on any atom is -0.491 e. The Balaban J connectivity index is 1.68. The molecule has 0 aliphatic carbocycles. The first-order valence-corrected chi connectivity index (χ1v) is 12.9. The van der Waals surface area contributed by atoms with E-state index in [1.807, 2.05) is 15.2 Å². The number of thiophene rings is 1. The molecule has 0 unspecified atom stereocenters. The van der Waals surface area contributed by atoms with Gasteiger partial charge in [-0.2, -0.15) is 0 Å². The molecule has 1 aromatic heterocycles. The fourth-order valence-corrected chi connectivity index (χ4v) is 5.07. The van der Waals surface area contributed by atoms with E-state index in [1.54, 1.807) is 23.5 Å². The molecule has 0 saturated heterocycles. The van der Waals surface area contributed by atoms with Crippen LogP contribution in [0.3, 0.4) is 0 Å². The number of rotatable bonds is 13. The number of hydrogen-bond acceptors (Lipinski definition) is 6. The van der Waals surface area contributed by atoms with Crippen molar-refractivity contribution < 1.29 is 23.8 Å². The summed E-state index contributed by atoms with van der Waals surface area (Å²) in [6, 6.07) is 7.74. The maximum absolute atomic E-state index is 13.5. The van der Waals surface area contributed by atoms with Gasteiger partial charge in [-0.25, -0.2) is 4.39 Å². The number of terminal acetylenes is 1. The van der Waals surface area contributed by atoms with Gasteiger partial charge in [0.15, 0.2) is 0 Å². The molecule has 2 aromatic rings. The van der Waals surface area contributed by atoms with E-state index in [-0.39, 0.29) is 44.1 Å². The lowest BCUT2D eigenvalue weighted by Crippen LogP contribution is -2.48. The maximum Gasteiger partial charge on any atom is 0.237 e. The third-order valence-corrected chi connectivity index (χ3v) is 6.98. The number of fused-ring (bicyclic) bond motifs is 1. The third-order valence-electron chi connectivity index (χ3n) is 5.98. The maximum atomic E-state index is 13.5. The van der Waals surface area contributed by atoms with Crippen LogP contribution in [0.4, 0.5) is 4.39 Å². The standard InChI is InChI=1S/C27H35FN2O4S/c1-4-14-33-18-22(31)16-29(12-9-20(2)3)17-27(32)30-13-10-26-24(11-15-35-26)25(30)19-34-23-7-5-21(28)6-8-23/h1,5-8,11,15,20,22,25,31H,9-10,12-14,16-19H2,2-3H3/t22-,25+/m1/s1. The molecule has 0 fully saturated rings. The number of halogens is 1. The minimum absolute atomic E-state index is 0.00458. The summed E-state index contributed by atoms with van der Waals surface area (Å²) in [7, 11) is 0. The van der Waals surface area contributed by atoms with Crippen molar-refractivity contribution in [2.24, 2.45) is 5.92 Å². The summed E-state index contributed by atoms with van der Waals surface area (Å²) in [4.78, 5) is 18.7. The number of ether oxygens (including phenoxy) is 2. The van der Waals surface area contributed by atoms with Crippen LogP contribution in [0.2, 0.25) is 0 Å². The van der Waals surface area contributed by atoms with Crippen molar-refractivity contribution in [1.82, 2.24) is 9.80 Å². The van der Waals surface area contributed by atoms with Crippen molar-refractivity contribution >= 4 is 17.2 Å². The summed E-state index contributed by atoms with van der Waals surface area (Å²) < 4.78 is 24.5. The first-order chi connectivity index (χ1) is 16.9. The highest BCUT2D eigenvalue weighted by atomic mass is 32.1. The van der Waals surface area contributed by atoms with Gasteiger partial charge in [-0.1, -0.05) is 19.8 Å². The molecule has 3 rings (SSSR count). The molecule has 190 valence electrons. The van der Waals surface area contributed by atoms with E-state index in [4.69, 9.17) is 15.9 Å². The highest BCUT2D eigenvalue weighted by molar-refractivity contribution is 7.10. The van der Waals surface area contributed by atoms with Crippen LogP contribution in [-0.4, -0.2) is 72.9 Å². The molecule has 1 aromatic carbocycles. The molecular weight excluding hydrogens is 467 g/mol. The normalized spacial score (nSPS) is 16.3. The Morgan fingerprint density at radius 3 is 2.83 bits per heavy atom. The first-order valence-electron chi connectivity index (χ1n) is 12.0. The first kappa shape index (κ1) is 27.2. The highest BCUT2D eigenvalue weighted by Crippen LogP contribution is 2.34. The van der Waals surface area contributed by atoms with Gasteiger partial charge < -0.3 is 19.5 Å². The Labute approximate surface area is 211 Å². The molecular formula is C27H35FN2O4S. The van der Waals surface area contributed by atoms with Crippen LogP contribution in [0.5, 0.6) is 5.75 Å². The third kappa shape index (κ3) is 8.32. The van der Waals surface area contributed by atoms with Gasteiger partial charge in [0.05, 0.1) is 25.3 Å². The zero-order valence-electron chi connectivity index (χ0n) is 20.5. The lowest BCUT2D eigenvalue weighted by Gasteiger charge is -2.37. The topological polar surface area (TPSA) is 62.2 Å². The van der Waals surface area contributed by atoms with Crippen molar-refractivity contribution in [2.75, 3.05) is 46.0 Å². The van der Waals surface area contributed by atoms with E-state index in [1.165, 1.54) is 17.0 Å². The summed E-state index contributed by atoms with van der Waals surface area (Å²) in [5.41, 5.74) is 1.10. The summed E-state index contributed by atoms with van der Waals surface area (Å²) in [5.74, 6) is 3.11. The lowest BCUT2D eigenvalue weighted by atomic mass is 10.00. The van der Waals surface area contributed by atoms with Crippen LogP contribution in [0.25, 0.3) is 0 Å². The number of nitrogens with zero attached hydrogens (tertiary/aromatic N) is 2. The summed E-state index contributed by atoms with van der Waals surface area (Å²) >= 11 is 1.70. The highest BCUT2D eigenvalue weighted by Gasteiger charge is 2.33. The fourth-order valence-electron chi connectivity index (χ4n) is 4.14. The van der Waals surface area contributed by atoms with E-state index in [9.17, 15) is 14.3 Å². The van der Waals surface area contributed by atoms with Gasteiger partial charge >= 0.3 is 0 Å². The van der Waals surface area contributed by atoms with Crippen molar-refractivity contribution in [3.05, 3.63) is 52.0 Å². The van der Waals surface area contributed by atoms with Crippen molar-refractivity contribution in [3.63, 3.8) is 0 Å². The number of aliphatic hydroxyl groups is 1. The van der Waals surface area contributed by atoms with Crippen molar-refractivity contribution in [1.29, 1.82) is 0 Å². The van der Waals surface area contributed by atoms with Crippen LogP contribution < -0.4 is 4.74 Å². The van der Waals surface area contributed by atoms with Gasteiger partial charge in [0, 0.05) is 18.0 Å². The zero-order valence-corrected chi connectivity index (χ0v) is 21.3. The minimum atomic E-state index is -0.731. The Hall–Kier alpha value is -2.44. The van der Waals surface area contributed by atoms with Crippen molar-refractivity contribution in [2.45, 2.75) is 38.8 Å². The number of benzene rings is 1. The van der Waals surface area contributed by atoms with E-state index in [2.05, 4.69) is 25.8 Å². The molecule has 0 bridgehead atoms. The van der Waals surface area contributed by atoms with Crippen LogP contribution in [0, 0.1) is 24.1 Å². The number of aliphatic hydroxyl groups excluding tert-OH is 1. The number of carbonyl (C=O) groups excluding carboxylic acids is 1. The predicted octanol–water partition coefficient (Wildman–Crippen LogP) is 3.75. The average Bonchev–Trinajstić information content (AvgIpc) is 3.31. The Morgan fingerprint density at radius 2 is 2.11 bits per heavy atom. The van der Waals surface area contributed by atoms with Gasteiger partial charge in [-0.15, -0.1) is 17.8 Å². The van der Waals surface area contributed by atoms with Gasteiger partial charge in [-0.05, 0) is 66.6 Å². The molecule has 1 amide bonds.